The topological polar surface area (TPSA) is 101 Å². The number of hydrogen-bond acceptors (Lipinski definition) is 4. The summed E-state index contributed by atoms with van der Waals surface area (Å²) in [5.41, 5.74) is -1.23. The van der Waals surface area contributed by atoms with Crippen molar-refractivity contribution in [1.82, 2.24) is 0 Å². The van der Waals surface area contributed by atoms with E-state index < -0.39 is 23.5 Å². The first kappa shape index (κ1) is 17.4. The monoisotopic (exact) mass is 274 g/mol. The van der Waals surface area contributed by atoms with E-state index in [4.69, 9.17) is 14.9 Å². The molecule has 0 atom stereocenters. The van der Waals surface area contributed by atoms with Crippen molar-refractivity contribution < 1.29 is 29.3 Å². The third kappa shape index (κ3) is 6.22. The fourth-order valence-corrected chi connectivity index (χ4v) is 1.77. The quantitative estimate of drug-likeness (QED) is 0.762. The minimum Gasteiger partial charge on any atom is -0.481 e. The van der Waals surface area contributed by atoms with Crippen LogP contribution >= 0.6 is 0 Å². The molecule has 110 valence electrons. The molecule has 1 rings (SSSR count). The Morgan fingerprint density at radius 3 is 1.79 bits per heavy atom. The van der Waals surface area contributed by atoms with Crippen LogP contribution in [0.2, 0.25) is 0 Å². The molecule has 0 unspecified atom stereocenters. The Morgan fingerprint density at radius 1 is 1.00 bits per heavy atom. The van der Waals surface area contributed by atoms with Crippen LogP contribution < -0.4 is 0 Å². The van der Waals surface area contributed by atoms with E-state index in [2.05, 4.69) is 0 Å². The summed E-state index contributed by atoms with van der Waals surface area (Å²) in [6.45, 7) is 3.27. The zero-order valence-electron chi connectivity index (χ0n) is 11.5. The molecule has 0 saturated heterocycles. The van der Waals surface area contributed by atoms with Crippen LogP contribution in [0.15, 0.2) is 0 Å². The van der Waals surface area contributed by atoms with Gasteiger partial charge in [-0.1, -0.05) is 20.3 Å². The van der Waals surface area contributed by atoms with Gasteiger partial charge in [0.15, 0.2) is 0 Å². The molecule has 0 bridgehead atoms. The van der Waals surface area contributed by atoms with Gasteiger partial charge in [-0.3, -0.25) is 9.59 Å². The van der Waals surface area contributed by atoms with Crippen LogP contribution in [0.5, 0.6) is 0 Å². The van der Waals surface area contributed by atoms with E-state index in [0.717, 1.165) is 19.3 Å². The van der Waals surface area contributed by atoms with Crippen molar-refractivity contribution >= 4 is 17.9 Å². The number of hydrogen-bond donors (Lipinski definition) is 2. The van der Waals surface area contributed by atoms with Crippen LogP contribution in [-0.4, -0.2) is 33.7 Å². The minimum atomic E-state index is -1.23. The average molecular weight is 274 g/mol. The zero-order valence-corrected chi connectivity index (χ0v) is 11.5. The molecule has 19 heavy (non-hydrogen) atoms. The number of ether oxygens (including phenoxy) is 1. The van der Waals surface area contributed by atoms with E-state index >= 15 is 0 Å². The number of carbonyl (C=O) groups excluding carboxylic acids is 1. The van der Waals surface area contributed by atoms with Gasteiger partial charge in [0, 0.05) is 12.8 Å². The van der Waals surface area contributed by atoms with Crippen molar-refractivity contribution in [3.63, 3.8) is 0 Å². The number of carboxylic acid groups (broad SMARTS) is 2. The average Bonchev–Trinajstić information content (AvgIpc) is 2.40. The van der Waals surface area contributed by atoms with Gasteiger partial charge >= 0.3 is 17.9 Å². The number of carboxylic acids is 2. The lowest BCUT2D eigenvalue weighted by atomic mass is 9.84. The highest BCUT2D eigenvalue weighted by Gasteiger charge is 2.43. The Hall–Kier alpha value is -1.59. The van der Waals surface area contributed by atoms with Crippen LogP contribution in [0.25, 0.3) is 0 Å². The van der Waals surface area contributed by atoms with Gasteiger partial charge in [-0.2, -0.15) is 0 Å². The maximum absolute atomic E-state index is 11.1. The highest BCUT2D eigenvalue weighted by Crippen LogP contribution is 2.32. The largest absolute Gasteiger partial charge is 0.481 e. The number of esters is 1. The van der Waals surface area contributed by atoms with E-state index in [9.17, 15) is 14.4 Å². The molecule has 1 saturated carbocycles. The van der Waals surface area contributed by atoms with Crippen LogP contribution in [0.3, 0.4) is 0 Å². The highest BCUT2D eigenvalue weighted by molar-refractivity contribution is 5.82. The summed E-state index contributed by atoms with van der Waals surface area (Å²) >= 11 is 0. The van der Waals surface area contributed by atoms with E-state index in [1.807, 2.05) is 0 Å². The fourth-order valence-electron chi connectivity index (χ4n) is 1.77. The van der Waals surface area contributed by atoms with Gasteiger partial charge < -0.3 is 14.9 Å². The first-order valence-electron chi connectivity index (χ1n) is 6.55. The van der Waals surface area contributed by atoms with E-state index in [1.54, 1.807) is 13.8 Å². The van der Waals surface area contributed by atoms with Crippen LogP contribution in [0.1, 0.15) is 58.8 Å². The Kier molecular flexibility index (Phi) is 7.79. The van der Waals surface area contributed by atoms with Crippen molar-refractivity contribution in [2.45, 2.75) is 64.4 Å². The predicted octanol–water partition coefficient (Wildman–Crippen LogP) is 2.21. The maximum Gasteiger partial charge on any atom is 0.348 e. The van der Waals surface area contributed by atoms with Gasteiger partial charge in [-0.05, 0) is 25.7 Å². The molecular formula is C13H22O6. The third-order valence-corrected chi connectivity index (χ3v) is 2.95. The second kappa shape index (κ2) is 8.50. The second-order valence-electron chi connectivity index (χ2n) is 4.44. The smallest absolute Gasteiger partial charge is 0.348 e. The number of carbonyl (C=O) groups is 3. The highest BCUT2D eigenvalue weighted by atomic mass is 16.6. The Morgan fingerprint density at radius 2 is 1.47 bits per heavy atom. The van der Waals surface area contributed by atoms with Gasteiger partial charge in [0.1, 0.15) is 0 Å². The van der Waals surface area contributed by atoms with E-state index in [0.29, 0.717) is 12.8 Å². The maximum atomic E-state index is 11.1. The van der Waals surface area contributed by atoms with Crippen LogP contribution in [0.4, 0.5) is 0 Å². The summed E-state index contributed by atoms with van der Waals surface area (Å²) in [5.74, 6) is -2.17. The molecule has 2 N–H and O–H groups in total. The summed E-state index contributed by atoms with van der Waals surface area (Å²) in [7, 11) is 0. The van der Waals surface area contributed by atoms with Crippen molar-refractivity contribution in [3.8, 4) is 0 Å². The molecule has 0 spiro atoms. The number of rotatable bonds is 4. The molecular weight excluding hydrogens is 252 g/mol. The SMILES string of the molecule is CCC(=O)O.CCC(=O)OC1(C(=O)O)CCCCC1. The van der Waals surface area contributed by atoms with Crippen molar-refractivity contribution in [1.29, 1.82) is 0 Å². The lowest BCUT2D eigenvalue weighted by molar-refractivity contribution is -0.182. The molecule has 0 heterocycles. The molecule has 1 aliphatic carbocycles. The Balaban J connectivity index is 0.000000555. The van der Waals surface area contributed by atoms with E-state index in [1.165, 1.54) is 0 Å². The lowest BCUT2D eigenvalue weighted by Gasteiger charge is -2.32. The van der Waals surface area contributed by atoms with Crippen molar-refractivity contribution in [3.05, 3.63) is 0 Å². The number of aliphatic carboxylic acids is 2. The molecule has 1 aliphatic rings. The zero-order chi connectivity index (χ0) is 14.9. The third-order valence-electron chi connectivity index (χ3n) is 2.95. The summed E-state index contributed by atoms with van der Waals surface area (Å²) in [4.78, 5) is 31.5. The predicted molar refractivity (Wildman–Crippen MR) is 67.8 cm³/mol. The molecule has 0 aromatic heterocycles. The fraction of sp³-hybridized carbons (Fsp3) is 0.769. The summed E-state index contributed by atoms with van der Waals surface area (Å²) < 4.78 is 5.05. The lowest BCUT2D eigenvalue weighted by Crippen LogP contribution is -2.44. The molecule has 0 aliphatic heterocycles. The first-order valence-corrected chi connectivity index (χ1v) is 6.55. The standard InChI is InChI=1S/C10H16O4.C3H6O2/c1-2-8(11)14-10(9(12)13)6-4-3-5-7-10;1-2-3(4)5/h2-7H2,1H3,(H,12,13);2H2,1H3,(H,4,5). The molecule has 6 nitrogen and oxygen atoms in total. The second-order valence-corrected chi connectivity index (χ2v) is 4.44. The molecule has 6 heteroatoms. The van der Waals surface area contributed by atoms with Crippen molar-refractivity contribution in [2.75, 3.05) is 0 Å². The van der Waals surface area contributed by atoms with E-state index in [-0.39, 0.29) is 12.8 Å². The Bertz CT molecular complexity index is 317. The Labute approximate surface area is 112 Å². The first-order chi connectivity index (χ1) is 8.88. The van der Waals surface area contributed by atoms with Crippen LogP contribution in [0, 0.1) is 0 Å². The molecule has 1 fully saturated rings. The minimum absolute atomic E-state index is 0.222. The molecule has 0 aromatic carbocycles. The van der Waals surface area contributed by atoms with Gasteiger partial charge in [0.2, 0.25) is 5.60 Å². The molecule has 0 radical (unpaired) electrons. The summed E-state index contributed by atoms with van der Waals surface area (Å²) in [6, 6.07) is 0. The normalized spacial score (nSPS) is 16.7. The molecule has 0 aromatic rings. The van der Waals surface area contributed by atoms with Gasteiger partial charge in [0.25, 0.3) is 0 Å². The molecule has 0 amide bonds. The van der Waals surface area contributed by atoms with Gasteiger partial charge in [0.05, 0.1) is 0 Å². The van der Waals surface area contributed by atoms with Gasteiger partial charge in [-0.15, -0.1) is 0 Å². The van der Waals surface area contributed by atoms with Crippen molar-refractivity contribution in [2.24, 2.45) is 0 Å². The van der Waals surface area contributed by atoms with Gasteiger partial charge in [-0.25, -0.2) is 4.79 Å². The summed E-state index contributed by atoms with van der Waals surface area (Å²) in [5, 5.41) is 16.8. The van der Waals surface area contributed by atoms with Crippen LogP contribution in [-0.2, 0) is 19.1 Å². The summed E-state index contributed by atoms with van der Waals surface area (Å²) in [6.07, 6.45) is 4.03.